The van der Waals surface area contributed by atoms with Gasteiger partial charge in [0, 0.05) is 11.1 Å². The van der Waals surface area contributed by atoms with E-state index in [1.165, 1.54) is 31.4 Å². The van der Waals surface area contributed by atoms with E-state index >= 15 is 0 Å². The lowest BCUT2D eigenvalue weighted by molar-refractivity contribution is -0.0167. The van der Waals surface area contributed by atoms with Crippen molar-refractivity contribution in [2.75, 3.05) is 0 Å². The van der Waals surface area contributed by atoms with Crippen LogP contribution in [-0.2, 0) is 0 Å². The molecule has 0 atom stereocenters. The van der Waals surface area contributed by atoms with Gasteiger partial charge in [0.15, 0.2) is 11.5 Å². The third kappa shape index (κ3) is 2.17. The molecule has 0 heterocycles. The van der Waals surface area contributed by atoms with E-state index in [-0.39, 0.29) is 22.9 Å². The molecule has 0 spiro atoms. The molecule has 112 valence electrons. The van der Waals surface area contributed by atoms with Crippen LogP contribution in [0.15, 0.2) is 18.2 Å². The highest BCUT2D eigenvalue weighted by Crippen LogP contribution is 2.55. The summed E-state index contributed by atoms with van der Waals surface area (Å²) in [6.45, 7) is 0. The second-order valence-electron chi connectivity index (χ2n) is 7.36. The smallest absolute Gasteiger partial charge is 0.251 e. The number of hydrogen-bond donors (Lipinski definition) is 3. The Morgan fingerprint density at radius 1 is 1.00 bits per heavy atom. The average Bonchev–Trinajstić information content (AvgIpc) is 2.39. The first-order chi connectivity index (χ1) is 10.0. The van der Waals surface area contributed by atoms with Crippen molar-refractivity contribution < 1.29 is 15.0 Å². The predicted molar refractivity (Wildman–Crippen MR) is 78.1 cm³/mol. The van der Waals surface area contributed by atoms with Crippen molar-refractivity contribution in [3.63, 3.8) is 0 Å². The maximum Gasteiger partial charge on any atom is 0.251 e. The number of phenolic OH excluding ortho intramolecular Hbond substituents is 2. The predicted octanol–water partition coefficient (Wildman–Crippen LogP) is 2.80. The lowest BCUT2D eigenvalue weighted by Gasteiger charge is -2.56. The summed E-state index contributed by atoms with van der Waals surface area (Å²) in [5, 5.41) is 22.2. The number of nitrogens with one attached hydrogen (secondary N) is 1. The van der Waals surface area contributed by atoms with Crippen LogP contribution in [0.25, 0.3) is 0 Å². The van der Waals surface area contributed by atoms with Gasteiger partial charge in [-0.25, -0.2) is 0 Å². The third-order valence-electron chi connectivity index (χ3n) is 5.65. The van der Waals surface area contributed by atoms with Crippen molar-refractivity contribution in [3.05, 3.63) is 23.8 Å². The van der Waals surface area contributed by atoms with Gasteiger partial charge in [-0.2, -0.15) is 0 Å². The van der Waals surface area contributed by atoms with Gasteiger partial charge in [0.1, 0.15) is 0 Å². The van der Waals surface area contributed by atoms with Crippen LogP contribution in [0.2, 0.25) is 0 Å². The van der Waals surface area contributed by atoms with E-state index in [0.29, 0.717) is 5.56 Å². The van der Waals surface area contributed by atoms with Crippen LogP contribution in [0.5, 0.6) is 11.5 Å². The van der Waals surface area contributed by atoms with Crippen LogP contribution in [0.3, 0.4) is 0 Å². The minimum atomic E-state index is -0.242. The molecule has 4 saturated carbocycles. The van der Waals surface area contributed by atoms with Gasteiger partial charge in [-0.05, 0) is 74.5 Å². The van der Waals surface area contributed by atoms with Gasteiger partial charge in [-0.1, -0.05) is 0 Å². The Hall–Kier alpha value is -1.71. The van der Waals surface area contributed by atoms with Crippen LogP contribution in [0.1, 0.15) is 48.9 Å². The maximum absolute atomic E-state index is 12.5. The highest BCUT2D eigenvalue weighted by atomic mass is 16.3. The summed E-state index contributed by atoms with van der Waals surface area (Å²) in [4.78, 5) is 12.5. The number of benzene rings is 1. The molecule has 0 radical (unpaired) electrons. The fourth-order valence-electron chi connectivity index (χ4n) is 5.24. The Bertz CT molecular complexity index is 560. The number of rotatable bonds is 2. The highest BCUT2D eigenvalue weighted by molar-refractivity contribution is 5.95. The SMILES string of the molecule is O=C(NC12CC3CC(CC(C3)C1)C2)c1ccc(O)c(O)c1. The standard InChI is InChI=1S/C17H21NO3/c19-14-2-1-13(6-15(14)20)16(21)18-17-7-10-3-11(8-17)5-12(4-10)9-17/h1-2,6,10-12,19-20H,3-5,7-9H2,(H,18,21). The summed E-state index contributed by atoms with van der Waals surface area (Å²) in [5.74, 6) is 1.78. The maximum atomic E-state index is 12.5. The minimum Gasteiger partial charge on any atom is -0.504 e. The molecule has 4 heteroatoms. The molecule has 21 heavy (non-hydrogen) atoms. The molecule has 5 rings (SSSR count). The molecule has 3 N–H and O–H groups in total. The Kier molecular flexibility index (Phi) is 2.72. The first-order valence-corrected chi connectivity index (χ1v) is 7.87. The second-order valence-corrected chi connectivity index (χ2v) is 7.36. The Morgan fingerprint density at radius 2 is 1.57 bits per heavy atom. The topological polar surface area (TPSA) is 69.6 Å². The van der Waals surface area contributed by atoms with Gasteiger partial charge in [0.2, 0.25) is 0 Å². The molecular weight excluding hydrogens is 266 g/mol. The van der Waals surface area contributed by atoms with Gasteiger partial charge >= 0.3 is 0 Å². The second kappa shape index (κ2) is 4.39. The zero-order valence-corrected chi connectivity index (χ0v) is 12.0. The van der Waals surface area contributed by atoms with Gasteiger partial charge in [-0.3, -0.25) is 4.79 Å². The third-order valence-corrected chi connectivity index (χ3v) is 5.65. The Balaban J connectivity index is 1.55. The first-order valence-electron chi connectivity index (χ1n) is 7.87. The fourth-order valence-corrected chi connectivity index (χ4v) is 5.24. The van der Waals surface area contributed by atoms with Crippen molar-refractivity contribution in [1.82, 2.24) is 5.32 Å². The number of aromatic hydroxyl groups is 2. The monoisotopic (exact) mass is 287 g/mol. The minimum absolute atomic E-state index is 0.0284. The highest BCUT2D eigenvalue weighted by Gasteiger charge is 2.51. The quantitative estimate of drug-likeness (QED) is 0.733. The summed E-state index contributed by atoms with van der Waals surface area (Å²) >= 11 is 0. The molecule has 0 aliphatic heterocycles. The molecule has 0 unspecified atom stereocenters. The van der Waals surface area contributed by atoms with Gasteiger partial charge < -0.3 is 15.5 Å². The molecule has 4 fully saturated rings. The van der Waals surface area contributed by atoms with E-state index in [0.717, 1.165) is 37.0 Å². The van der Waals surface area contributed by atoms with Gasteiger partial charge in [0.25, 0.3) is 5.91 Å². The zero-order valence-electron chi connectivity index (χ0n) is 12.0. The average molecular weight is 287 g/mol. The Morgan fingerprint density at radius 3 is 2.10 bits per heavy atom. The summed E-state index contributed by atoms with van der Waals surface area (Å²) in [6, 6.07) is 4.26. The van der Waals surface area contributed by atoms with E-state index in [1.807, 2.05) is 0 Å². The number of amides is 1. The van der Waals surface area contributed by atoms with Crippen LogP contribution < -0.4 is 5.32 Å². The molecule has 1 aromatic carbocycles. The van der Waals surface area contributed by atoms with Crippen molar-refractivity contribution in [2.24, 2.45) is 17.8 Å². The molecule has 1 amide bonds. The normalized spacial score (nSPS) is 36.7. The molecule has 0 saturated heterocycles. The van der Waals surface area contributed by atoms with Gasteiger partial charge in [-0.15, -0.1) is 0 Å². The van der Waals surface area contributed by atoms with E-state index in [4.69, 9.17) is 0 Å². The number of hydrogen-bond acceptors (Lipinski definition) is 3. The molecule has 1 aromatic rings. The molecule has 0 aromatic heterocycles. The van der Waals surface area contributed by atoms with Crippen molar-refractivity contribution >= 4 is 5.91 Å². The largest absolute Gasteiger partial charge is 0.504 e. The lowest BCUT2D eigenvalue weighted by Crippen LogP contribution is -2.59. The van der Waals surface area contributed by atoms with Crippen molar-refractivity contribution in [1.29, 1.82) is 0 Å². The molecular formula is C17H21NO3. The first kappa shape index (κ1) is 13.0. The molecule has 4 nitrogen and oxygen atoms in total. The molecule has 4 bridgehead atoms. The summed E-state index contributed by atoms with van der Waals surface area (Å²) in [6.07, 6.45) is 7.35. The van der Waals surface area contributed by atoms with Crippen molar-refractivity contribution in [3.8, 4) is 11.5 Å². The number of phenols is 2. The molecule has 4 aliphatic carbocycles. The number of carbonyl (C=O) groups is 1. The molecule has 4 aliphatic rings. The van der Waals surface area contributed by atoms with Crippen LogP contribution in [0.4, 0.5) is 0 Å². The summed E-state index contributed by atoms with van der Waals surface area (Å²) in [7, 11) is 0. The van der Waals surface area contributed by atoms with Crippen molar-refractivity contribution in [2.45, 2.75) is 44.1 Å². The summed E-state index contributed by atoms with van der Waals surface area (Å²) in [5.41, 5.74) is 0.389. The fraction of sp³-hybridized carbons (Fsp3) is 0.588. The zero-order chi connectivity index (χ0) is 14.6. The summed E-state index contributed by atoms with van der Waals surface area (Å²) < 4.78 is 0. The van der Waals surface area contributed by atoms with Crippen LogP contribution in [-0.4, -0.2) is 21.7 Å². The Labute approximate surface area is 124 Å². The van der Waals surface area contributed by atoms with E-state index in [9.17, 15) is 15.0 Å². The van der Waals surface area contributed by atoms with E-state index < -0.39 is 0 Å². The lowest BCUT2D eigenvalue weighted by atomic mass is 9.53. The van der Waals surface area contributed by atoms with E-state index in [1.54, 1.807) is 6.07 Å². The van der Waals surface area contributed by atoms with Gasteiger partial charge in [0.05, 0.1) is 0 Å². The van der Waals surface area contributed by atoms with Crippen LogP contribution >= 0.6 is 0 Å². The number of carbonyl (C=O) groups excluding carboxylic acids is 1. The van der Waals surface area contributed by atoms with Crippen LogP contribution in [0, 0.1) is 17.8 Å². The van der Waals surface area contributed by atoms with E-state index in [2.05, 4.69) is 5.32 Å².